The van der Waals surface area contributed by atoms with Gasteiger partial charge in [-0.3, -0.25) is 5.10 Å². The van der Waals surface area contributed by atoms with E-state index in [9.17, 15) is 9.90 Å². The van der Waals surface area contributed by atoms with Gasteiger partial charge >= 0.3 is 5.97 Å². The first-order valence-electron chi connectivity index (χ1n) is 5.63. The normalized spacial score (nSPS) is 15.8. The van der Waals surface area contributed by atoms with E-state index in [0.29, 0.717) is 17.2 Å². The van der Waals surface area contributed by atoms with Crippen LogP contribution in [0, 0.1) is 0 Å². The summed E-state index contributed by atoms with van der Waals surface area (Å²) in [6, 6.07) is 3.81. The van der Waals surface area contributed by atoms with Gasteiger partial charge in [-0.25, -0.2) is 4.79 Å². The molecule has 1 saturated carbocycles. The topological polar surface area (TPSA) is 66.0 Å². The van der Waals surface area contributed by atoms with E-state index >= 15 is 0 Å². The van der Waals surface area contributed by atoms with Crippen molar-refractivity contribution in [1.82, 2.24) is 10.2 Å². The zero-order chi connectivity index (χ0) is 11.8. The summed E-state index contributed by atoms with van der Waals surface area (Å²) >= 11 is 1.51. The number of carbonyl (C=O) groups is 1. The first kappa shape index (κ1) is 10.5. The Morgan fingerprint density at radius 3 is 2.88 bits per heavy atom. The lowest BCUT2D eigenvalue weighted by Gasteiger charge is -2.24. The first-order chi connectivity index (χ1) is 8.27. The smallest absolute Gasteiger partial charge is 0.339 e. The molecule has 2 heterocycles. The highest BCUT2D eigenvalue weighted by molar-refractivity contribution is 7.13. The fraction of sp³-hybridized carbons (Fsp3) is 0.333. The minimum Gasteiger partial charge on any atom is -0.478 e. The van der Waals surface area contributed by atoms with Crippen molar-refractivity contribution in [3.8, 4) is 10.6 Å². The highest BCUT2D eigenvalue weighted by Crippen LogP contribution is 2.39. The largest absolute Gasteiger partial charge is 0.478 e. The predicted molar refractivity (Wildman–Crippen MR) is 65.5 cm³/mol. The second kappa shape index (κ2) is 4.00. The van der Waals surface area contributed by atoms with Crippen LogP contribution in [0.1, 0.15) is 41.2 Å². The van der Waals surface area contributed by atoms with Crippen LogP contribution in [0.4, 0.5) is 0 Å². The quantitative estimate of drug-likeness (QED) is 0.877. The molecular weight excluding hydrogens is 236 g/mol. The standard InChI is InChI=1S/C12H12N2O2S/c15-12(16)9-10(7-3-1-4-7)13-14-11(9)8-5-2-6-17-8/h2,5-7H,1,3-4H2,(H,13,14)(H,15,16). The summed E-state index contributed by atoms with van der Waals surface area (Å²) in [5, 5.41) is 18.4. The first-order valence-corrected chi connectivity index (χ1v) is 6.50. The molecule has 1 fully saturated rings. The van der Waals surface area contributed by atoms with E-state index in [1.165, 1.54) is 17.8 Å². The lowest BCUT2D eigenvalue weighted by molar-refractivity contribution is 0.0695. The second-order valence-corrected chi connectivity index (χ2v) is 5.22. The molecule has 0 amide bonds. The molecule has 88 valence electrons. The number of thiophene rings is 1. The molecule has 3 rings (SSSR count). The number of carboxylic acids is 1. The summed E-state index contributed by atoms with van der Waals surface area (Å²) in [7, 11) is 0. The average molecular weight is 248 g/mol. The van der Waals surface area contributed by atoms with Crippen molar-refractivity contribution in [1.29, 1.82) is 0 Å². The fourth-order valence-electron chi connectivity index (χ4n) is 2.16. The van der Waals surface area contributed by atoms with Crippen molar-refractivity contribution < 1.29 is 9.90 Å². The van der Waals surface area contributed by atoms with E-state index in [0.717, 1.165) is 23.4 Å². The predicted octanol–water partition coefficient (Wildman–Crippen LogP) is 3.10. The van der Waals surface area contributed by atoms with Crippen molar-refractivity contribution in [3.05, 3.63) is 28.8 Å². The van der Waals surface area contributed by atoms with Crippen LogP contribution in [0.15, 0.2) is 17.5 Å². The molecule has 2 aromatic heterocycles. The Balaban J connectivity index is 2.10. The van der Waals surface area contributed by atoms with Crippen molar-refractivity contribution in [2.45, 2.75) is 25.2 Å². The minimum absolute atomic E-state index is 0.349. The van der Waals surface area contributed by atoms with Crippen molar-refractivity contribution in [3.63, 3.8) is 0 Å². The lowest BCUT2D eigenvalue weighted by Crippen LogP contribution is -2.13. The molecule has 4 nitrogen and oxygen atoms in total. The molecule has 1 aliphatic rings. The van der Waals surface area contributed by atoms with Crippen LogP contribution in [-0.4, -0.2) is 21.3 Å². The Morgan fingerprint density at radius 2 is 2.35 bits per heavy atom. The van der Waals surface area contributed by atoms with Gasteiger partial charge < -0.3 is 5.11 Å². The number of nitrogens with one attached hydrogen (secondary N) is 1. The molecule has 5 heteroatoms. The lowest BCUT2D eigenvalue weighted by atomic mass is 9.81. The van der Waals surface area contributed by atoms with Crippen LogP contribution in [-0.2, 0) is 0 Å². The van der Waals surface area contributed by atoms with Gasteiger partial charge in [-0.2, -0.15) is 5.10 Å². The van der Waals surface area contributed by atoms with Crippen LogP contribution in [0.25, 0.3) is 10.6 Å². The van der Waals surface area contributed by atoms with E-state index < -0.39 is 5.97 Å². The Labute approximate surface area is 102 Å². The monoisotopic (exact) mass is 248 g/mol. The molecule has 0 spiro atoms. The number of H-pyrrole nitrogens is 1. The molecule has 2 N–H and O–H groups in total. The van der Waals surface area contributed by atoms with Gasteiger partial charge in [0.2, 0.25) is 0 Å². The Bertz CT molecular complexity index is 541. The van der Waals surface area contributed by atoms with Gasteiger partial charge in [0, 0.05) is 5.92 Å². The third kappa shape index (κ3) is 1.67. The van der Waals surface area contributed by atoms with Gasteiger partial charge in [0.25, 0.3) is 0 Å². The van der Waals surface area contributed by atoms with Crippen LogP contribution in [0.2, 0.25) is 0 Å². The molecule has 0 atom stereocenters. The summed E-state index contributed by atoms with van der Waals surface area (Å²) in [5.41, 5.74) is 1.73. The number of rotatable bonds is 3. The number of aromatic nitrogens is 2. The molecule has 0 radical (unpaired) electrons. The molecule has 2 aromatic rings. The SMILES string of the molecule is O=C(O)c1c(-c2cccs2)n[nH]c1C1CCC1. The number of carboxylic acid groups (broad SMARTS) is 1. The third-order valence-electron chi connectivity index (χ3n) is 3.28. The van der Waals surface area contributed by atoms with Gasteiger partial charge in [-0.15, -0.1) is 11.3 Å². The summed E-state index contributed by atoms with van der Waals surface area (Å²) in [6.07, 6.45) is 3.30. The number of hydrogen-bond acceptors (Lipinski definition) is 3. The minimum atomic E-state index is -0.885. The number of hydrogen-bond donors (Lipinski definition) is 2. The van der Waals surface area contributed by atoms with Crippen LogP contribution < -0.4 is 0 Å². The number of aromatic carboxylic acids is 1. The number of aromatic amines is 1. The van der Waals surface area contributed by atoms with Gasteiger partial charge in [-0.05, 0) is 24.3 Å². The van der Waals surface area contributed by atoms with E-state index in [4.69, 9.17) is 0 Å². The summed E-state index contributed by atoms with van der Waals surface area (Å²) in [6.45, 7) is 0. The highest BCUT2D eigenvalue weighted by Gasteiger charge is 2.29. The fourth-order valence-corrected chi connectivity index (χ4v) is 2.88. The van der Waals surface area contributed by atoms with Gasteiger partial charge in [0.05, 0.1) is 10.6 Å². The van der Waals surface area contributed by atoms with E-state index in [1.54, 1.807) is 0 Å². The van der Waals surface area contributed by atoms with E-state index in [-0.39, 0.29) is 0 Å². The zero-order valence-electron chi connectivity index (χ0n) is 9.14. The zero-order valence-corrected chi connectivity index (χ0v) is 9.96. The Hall–Kier alpha value is -1.62. The molecule has 0 saturated heterocycles. The summed E-state index contributed by atoms with van der Waals surface area (Å²) in [4.78, 5) is 12.3. The molecular formula is C12H12N2O2S. The van der Waals surface area contributed by atoms with Crippen molar-refractivity contribution in [2.75, 3.05) is 0 Å². The maximum atomic E-state index is 11.4. The maximum absolute atomic E-state index is 11.4. The third-order valence-corrected chi connectivity index (χ3v) is 4.15. The summed E-state index contributed by atoms with van der Waals surface area (Å²) in [5.74, 6) is -0.536. The molecule has 0 unspecified atom stereocenters. The van der Waals surface area contributed by atoms with Crippen LogP contribution in [0.3, 0.4) is 0 Å². The highest BCUT2D eigenvalue weighted by atomic mass is 32.1. The van der Waals surface area contributed by atoms with Crippen LogP contribution in [0.5, 0.6) is 0 Å². The summed E-state index contributed by atoms with van der Waals surface area (Å²) < 4.78 is 0. The molecule has 0 aliphatic heterocycles. The Kier molecular flexibility index (Phi) is 2.48. The van der Waals surface area contributed by atoms with Crippen molar-refractivity contribution in [2.24, 2.45) is 0 Å². The maximum Gasteiger partial charge on any atom is 0.339 e. The van der Waals surface area contributed by atoms with E-state index in [2.05, 4.69) is 10.2 Å². The van der Waals surface area contributed by atoms with Gasteiger partial charge in [0.15, 0.2) is 0 Å². The molecule has 17 heavy (non-hydrogen) atoms. The average Bonchev–Trinajstić information content (AvgIpc) is 2.80. The number of nitrogens with zero attached hydrogens (tertiary/aromatic N) is 1. The second-order valence-electron chi connectivity index (χ2n) is 4.27. The van der Waals surface area contributed by atoms with Crippen molar-refractivity contribution >= 4 is 17.3 Å². The van der Waals surface area contributed by atoms with Gasteiger partial charge in [-0.1, -0.05) is 12.5 Å². The van der Waals surface area contributed by atoms with Crippen LogP contribution >= 0.6 is 11.3 Å². The van der Waals surface area contributed by atoms with E-state index in [1.807, 2.05) is 17.5 Å². The molecule has 1 aliphatic carbocycles. The Morgan fingerprint density at radius 1 is 1.53 bits per heavy atom. The molecule has 0 aromatic carbocycles. The molecule has 0 bridgehead atoms. The van der Waals surface area contributed by atoms with Gasteiger partial charge in [0.1, 0.15) is 11.3 Å².